The summed E-state index contributed by atoms with van der Waals surface area (Å²) in [6.45, 7) is 0.787. The minimum absolute atomic E-state index is 0.162. The molecule has 1 amide bonds. The molecule has 0 radical (unpaired) electrons. The second-order valence-electron chi connectivity index (χ2n) is 6.87. The average Bonchev–Trinajstić information content (AvgIpc) is 3.38. The zero-order valence-electron chi connectivity index (χ0n) is 17.2. The van der Waals surface area contributed by atoms with Gasteiger partial charge in [-0.25, -0.2) is 9.79 Å². The van der Waals surface area contributed by atoms with Gasteiger partial charge in [-0.1, -0.05) is 30.3 Å². The van der Waals surface area contributed by atoms with E-state index in [1.807, 2.05) is 30.3 Å². The third-order valence-corrected chi connectivity index (χ3v) is 5.71. The molecule has 3 aromatic rings. The highest BCUT2D eigenvalue weighted by atomic mass is 32.2. The third kappa shape index (κ3) is 4.82. The number of carboxylic acids is 1. The van der Waals surface area contributed by atoms with Gasteiger partial charge >= 0.3 is 5.97 Å². The van der Waals surface area contributed by atoms with E-state index in [0.717, 1.165) is 11.3 Å². The van der Waals surface area contributed by atoms with Gasteiger partial charge in [0.2, 0.25) is 0 Å². The molecule has 4 rings (SSSR count). The summed E-state index contributed by atoms with van der Waals surface area (Å²) >= 11 is 1.28. The number of carbonyl (C=O) groups is 2. The van der Waals surface area contributed by atoms with Crippen molar-refractivity contribution in [3.8, 4) is 11.3 Å². The smallest absolute Gasteiger partial charge is 0.335 e. The van der Waals surface area contributed by atoms with Gasteiger partial charge in [0.15, 0.2) is 5.17 Å². The molecule has 1 N–H and O–H groups in total. The number of rotatable bonds is 7. The number of thioether (sulfide) groups is 1. The predicted octanol–water partition coefficient (Wildman–Crippen LogP) is 4.90. The Bertz CT molecular complexity index is 1180. The topological polar surface area (TPSA) is 92.3 Å². The number of ether oxygens (including phenoxy) is 1. The van der Waals surface area contributed by atoms with Gasteiger partial charge in [0.25, 0.3) is 5.91 Å². The van der Waals surface area contributed by atoms with Crippen molar-refractivity contribution >= 4 is 40.6 Å². The Morgan fingerprint density at radius 1 is 1.12 bits per heavy atom. The number of furan rings is 1. The van der Waals surface area contributed by atoms with E-state index in [2.05, 4.69) is 4.99 Å². The summed E-state index contributed by atoms with van der Waals surface area (Å²) in [6.07, 6.45) is 1.69. The van der Waals surface area contributed by atoms with Crippen LogP contribution in [0, 0.1) is 0 Å². The van der Waals surface area contributed by atoms with E-state index < -0.39 is 5.97 Å². The lowest BCUT2D eigenvalue weighted by Gasteiger charge is -2.14. The van der Waals surface area contributed by atoms with Gasteiger partial charge in [-0.05, 0) is 48.2 Å². The summed E-state index contributed by atoms with van der Waals surface area (Å²) < 4.78 is 11.0. The fourth-order valence-electron chi connectivity index (χ4n) is 3.08. The molecular formula is C24H20N2O5S. The summed E-state index contributed by atoms with van der Waals surface area (Å²) in [6, 6.07) is 19.4. The second-order valence-corrected chi connectivity index (χ2v) is 7.88. The molecule has 2 aromatic carbocycles. The highest BCUT2D eigenvalue weighted by Gasteiger charge is 2.33. The minimum atomic E-state index is -0.982. The number of aliphatic imine (C=N–C) groups is 1. The number of nitrogens with zero attached hydrogens (tertiary/aromatic N) is 2. The van der Waals surface area contributed by atoms with Gasteiger partial charge in [0, 0.05) is 18.7 Å². The normalized spacial score (nSPS) is 16.3. The molecule has 0 saturated carbocycles. The number of aromatic carboxylic acids is 1. The van der Waals surface area contributed by atoms with E-state index in [0.29, 0.717) is 34.7 Å². The Hall–Kier alpha value is -3.62. The van der Waals surface area contributed by atoms with E-state index >= 15 is 0 Å². The summed E-state index contributed by atoms with van der Waals surface area (Å²) in [5.41, 5.74) is 1.71. The molecule has 32 heavy (non-hydrogen) atoms. The number of methoxy groups -OCH3 is 1. The van der Waals surface area contributed by atoms with Gasteiger partial charge in [-0.3, -0.25) is 9.69 Å². The van der Waals surface area contributed by atoms with Gasteiger partial charge in [-0.15, -0.1) is 0 Å². The van der Waals surface area contributed by atoms with Crippen LogP contribution >= 0.6 is 11.8 Å². The number of carbonyl (C=O) groups excluding carboxylic acids is 1. The number of amidine groups is 1. The van der Waals surface area contributed by atoms with Crippen LogP contribution in [0.4, 0.5) is 5.69 Å². The molecule has 0 atom stereocenters. The van der Waals surface area contributed by atoms with Crippen molar-refractivity contribution in [2.75, 3.05) is 20.3 Å². The molecule has 0 aliphatic carbocycles. The molecule has 2 heterocycles. The van der Waals surface area contributed by atoms with Crippen molar-refractivity contribution in [2.45, 2.75) is 0 Å². The lowest BCUT2D eigenvalue weighted by molar-refractivity contribution is -0.122. The zero-order valence-corrected chi connectivity index (χ0v) is 18.0. The molecule has 1 aromatic heterocycles. The van der Waals surface area contributed by atoms with Gasteiger partial charge < -0.3 is 14.3 Å². The molecule has 1 aliphatic rings. The van der Waals surface area contributed by atoms with Crippen LogP contribution in [0.5, 0.6) is 0 Å². The van der Waals surface area contributed by atoms with E-state index in [-0.39, 0.29) is 11.5 Å². The Balaban J connectivity index is 1.59. The van der Waals surface area contributed by atoms with Crippen molar-refractivity contribution in [3.63, 3.8) is 0 Å². The van der Waals surface area contributed by atoms with Crippen LogP contribution in [-0.2, 0) is 9.53 Å². The standard InChI is InChI=1S/C24H20N2O5S/c1-30-14-13-26-22(27)21(32-24(26)25-18-5-3-2-4-6-18)15-19-11-12-20(31-19)16-7-9-17(10-8-16)23(28)29/h2-12,15H,13-14H2,1H3,(H,28,29). The second kappa shape index (κ2) is 9.67. The van der Waals surface area contributed by atoms with Crippen LogP contribution in [0.25, 0.3) is 17.4 Å². The van der Waals surface area contributed by atoms with Gasteiger partial charge in [0.05, 0.1) is 29.3 Å². The van der Waals surface area contributed by atoms with E-state index in [9.17, 15) is 9.59 Å². The molecular weight excluding hydrogens is 428 g/mol. The van der Waals surface area contributed by atoms with Gasteiger partial charge in [-0.2, -0.15) is 0 Å². The monoisotopic (exact) mass is 448 g/mol. The maximum absolute atomic E-state index is 13.0. The first-order valence-electron chi connectivity index (χ1n) is 9.83. The zero-order chi connectivity index (χ0) is 22.5. The van der Waals surface area contributed by atoms with Crippen LogP contribution in [0.2, 0.25) is 0 Å². The SMILES string of the molecule is COCCN1C(=O)C(=Cc2ccc(-c3ccc(C(=O)O)cc3)o2)SC1=Nc1ccccc1. The quantitative estimate of drug-likeness (QED) is 0.517. The van der Waals surface area contributed by atoms with Crippen LogP contribution < -0.4 is 0 Å². The van der Waals surface area contributed by atoms with E-state index in [1.54, 1.807) is 42.4 Å². The van der Waals surface area contributed by atoms with Crippen LogP contribution in [0.3, 0.4) is 0 Å². The lowest BCUT2D eigenvalue weighted by atomic mass is 10.1. The van der Waals surface area contributed by atoms with Crippen molar-refractivity contribution in [2.24, 2.45) is 4.99 Å². The Morgan fingerprint density at radius 3 is 2.56 bits per heavy atom. The van der Waals surface area contributed by atoms with Crippen LogP contribution in [-0.4, -0.2) is 47.3 Å². The molecule has 1 saturated heterocycles. The third-order valence-electron chi connectivity index (χ3n) is 4.70. The van der Waals surface area contributed by atoms with Crippen molar-refractivity contribution in [3.05, 3.63) is 83.0 Å². The van der Waals surface area contributed by atoms with Crippen LogP contribution in [0.15, 0.2) is 81.0 Å². The summed E-state index contributed by atoms with van der Waals surface area (Å²) in [4.78, 5) is 30.7. The highest BCUT2D eigenvalue weighted by molar-refractivity contribution is 8.18. The predicted molar refractivity (Wildman–Crippen MR) is 124 cm³/mol. The molecule has 1 fully saturated rings. The molecule has 0 unspecified atom stereocenters. The van der Waals surface area contributed by atoms with Crippen molar-refractivity contribution in [1.82, 2.24) is 4.90 Å². The Morgan fingerprint density at radius 2 is 1.88 bits per heavy atom. The minimum Gasteiger partial charge on any atom is -0.478 e. The maximum Gasteiger partial charge on any atom is 0.335 e. The number of carboxylic acid groups (broad SMARTS) is 1. The van der Waals surface area contributed by atoms with Crippen LogP contribution in [0.1, 0.15) is 16.1 Å². The molecule has 0 bridgehead atoms. The van der Waals surface area contributed by atoms with E-state index in [4.69, 9.17) is 14.3 Å². The molecule has 7 nitrogen and oxygen atoms in total. The number of hydrogen-bond acceptors (Lipinski definition) is 6. The molecule has 0 spiro atoms. The van der Waals surface area contributed by atoms with Gasteiger partial charge in [0.1, 0.15) is 11.5 Å². The summed E-state index contributed by atoms with van der Waals surface area (Å²) in [5.74, 6) is -0.0425. The van der Waals surface area contributed by atoms with E-state index in [1.165, 1.54) is 23.9 Å². The first kappa shape index (κ1) is 21.6. The fourth-order valence-corrected chi connectivity index (χ4v) is 4.08. The average molecular weight is 449 g/mol. The Kier molecular flexibility index (Phi) is 6.53. The number of amides is 1. The summed E-state index contributed by atoms with van der Waals surface area (Å²) in [5, 5.41) is 9.62. The molecule has 8 heteroatoms. The first-order chi connectivity index (χ1) is 15.5. The first-order valence-corrected chi connectivity index (χ1v) is 10.6. The van der Waals surface area contributed by atoms with Crippen molar-refractivity contribution < 1.29 is 23.8 Å². The Labute approximate surface area is 189 Å². The largest absolute Gasteiger partial charge is 0.478 e. The van der Waals surface area contributed by atoms with Crippen molar-refractivity contribution in [1.29, 1.82) is 0 Å². The number of para-hydroxylation sites is 1. The number of benzene rings is 2. The maximum atomic E-state index is 13.0. The fraction of sp³-hybridized carbons (Fsp3) is 0.125. The lowest BCUT2D eigenvalue weighted by Crippen LogP contribution is -2.32. The highest BCUT2D eigenvalue weighted by Crippen LogP contribution is 2.35. The molecule has 162 valence electrons. The summed E-state index contributed by atoms with van der Waals surface area (Å²) in [7, 11) is 1.59. The number of hydrogen-bond donors (Lipinski definition) is 1. The molecule has 1 aliphatic heterocycles.